The molecule has 4 aromatic rings. The third-order valence-electron chi connectivity index (χ3n) is 4.48. The Morgan fingerprint density at radius 1 is 1.17 bits per heavy atom. The van der Waals surface area contributed by atoms with Crippen molar-refractivity contribution in [2.24, 2.45) is 5.92 Å². The molecule has 0 aliphatic carbocycles. The van der Waals surface area contributed by atoms with Gasteiger partial charge in [0.1, 0.15) is 5.75 Å². The quantitative estimate of drug-likeness (QED) is 0.458. The lowest BCUT2D eigenvalue weighted by Crippen LogP contribution is -2.18. The highest BCUT2D eigenvalue weighted by Gasteiger charge is 2.19. The third kappa shape index (κ3) is 3.83. The molecule has 0 saturated heterocycles. The summed E-state index contributed by atoms with van der Waals surface area (Å²) in [5, 5.41) is 27.4. The minimum atomic E-state index is -0.192. The van der Waals surface area contributed by atoms with Crippen LogP contribution in [0, 0.1) is 5.92 Å². The third-order valence-corrected chi connectivity index (χ3v) is 5.74. The van der Waals surface area contributed by atoms with E-state index in [1.54, 1.807) is 28.9 Å². The van der Waals surface area contributed by atoms with Crippen LogP contribution in [0.3, 0.4) is 0 Å². The Labute approximate surface area is 182 Å². The first kappa shape index (κ1) is 20.2. The summed E-state index contributed by atoms with van der Waals surface area (Å²) in [4.78, 5) is 13.0. The molecule has 9 heteroatoms. The van der Waals surface area contributed by atoms with Gasteiger partial charge >= 0.3 is 0 Å². The van der Waals surface area contributed by atoms with Gasteiger partial charge in [0.05, 0.1) is 10.7 Å². The highest BCUT2D eigenvalue weighted by Crippen LogP contribution is 2.44. The number of carbonyl (C=O) groups is 1. The van der Waals surface area contributed by atoms with Crippen LogP contribution < -0.4 is 5.32 Å². The lowest BCUT2D eigenvalue weighted by molar-refractivity contribution is -0.118. The number of rotatable bonds is 5. The summed E-state index contributed by atoms with van der Waals surface area (Å²) in [5.74, 6) is -0.357. The molecule has 152 valence electrons. The standard InChI is InChI=1S/C21H18ClN5O2S/c1-12(2)20(29)23-16-10-6-9-14-18(16)17(11-15(22)19(14)28)30-21-24-25-26-27(21)13-7-4-3-5-8-13/h3-12,28H,1-2H3,(H,23,29). The van der Waals surface area contributed by atoms with E-state index in [4.69, 9.17) is 11.6 Å². The van der Waals surface area contributed by atoms with E-state index < -0.39 is 0 Å². The molecule has 0 fully saturated rings. The summed E-state index contributed by atoms with van der Waals surface area (Å²) in [7, 11) is 0. The van der Waals surface area contributed by atoms with Crippen molar-refractivity contribution in [1.29, 1.82) is 0 Å². The second-order valence-corrected chi connectivity index (χ2v) is 8.30. The molecule has 0 bridgehead atoms. The second kappa shape index (κ2) is 8.33. The van der Waals surface area contributed by atoms with Crippen molar-refractivity contribution in [3.05, 3.63) is 59.6 Å². The topological polar surface area (TPSA) is 92.9 Å². The van der Waals surface area contributed by atoms with Gasteiger partial charge < -0.3 is 10.4 Å². The first-order chi connectivity index (χ1) is 14.5. The summed E-state index contributed by atoms with van der Waals surface area (Å²) < 4.78 is 1.62. The van der Waals surface area contributed by atoms with E-state index >= 15 is 0 Å². The fraction of sp³-hybridized carbons (Fsp3) is 0.143. The average Bonchev–Trinajstić information content (AvgIpc) is 3.20. The number of nitrogens with one attached hydrogen (secondary N) is 1. The molecule has 7 nitrogen and oxygen atoms in total. The van der Waals surface area contributed by atoms with Gasteiger partial charge in [-0.05, 0) is 46.5 Å². The molecule has 0 saturated carbocycles. The van der Waals surface area contributed by atoms with Crippen molar-refractivity contribution in [1.82, 2.24) is 20.2 Å². The number of fused-ring (bicyclic) bond motifs is 1. The van der Waals surface area contributed by atoms with Crippen LogP contribution in [0.2, 0.25) is 5.02 Å². The summed E-state index contributed by atoms with van der Waals surface area (Å²) in [5.41, 5.74) is 1.40. The van der Waals surface area contributed by atoms with E-state index in [2.05, 4.69) is 20.8 Å². The van der Waals surface area contributed by atoms with Crippen LogP contribution in [0.1, 0.15) is 13.8 Å². The molecule has 30 heavy (non-hydrogen) atoms. The molecule has 0 unspecified atom stereocenters. The van der Waals surface area contributed by atoms with Gasteiger partial charge in [-0.1, -0.05) is 55.8 Å². The van der Waals surface area contributed by atoms with Gasteiger partial charge in [0.2, 0.25) is 11.1 Å². The van der Waals surface area contributed by atoms with Crippen molar-refractivity contribution in [3.8, 4) is 11.4 Å². The highest BCUT2D eigenvalue weighted by atomic mass is 35.5. The van der Waals surface area contributed by atoms with Gasteiger partial charge in [0, 0.05) is 27.3 Å². The number of hydrogen-bond acceptors (Lipinski definition) is 6. The number of amides is 1. The molecule has 1 heterocycles. The van der Waals surface area contributed by atoms with Crippen LogP contribution >= 0.6 is 23.4 Å². The Balaban J connectivity index is 1.85. The molecular weight excluding hydrogens is 422 g/mol. The minimum absolute atomic E-state index is 0.0423. The molecule has 1 amide bonds. The van der Waals surface area contributed by atoms with Crippen LogP contribution in [-0.2, 0) is 4.79 Å². The summed E-state index contributed by atoms with van der Waals surface area (Å²) in [6, 6.07) is 16.5. The van der Waals surface area contributed by atoms with Crippen LogP contribution in [-0.4, -0.2) is 31.2 Å². The fourth-order valence-corrected chi connectivity index (χ4v) is 4.21. The van der Waals surface area contributed by atoms with Gasteiger partial charge in [-0.2, -0.15) is 4.68 Å². The van der Waals surface area contributed by atoms with E-state index in [1.807, 2.05) is 44.2 Å². The molecule has 0 aliphatic rings. The number of halogens is 1. The molecule has 0 atom stereocenters. The molecular formula is C21H18ClN5O2S. The number of phenolic OH excluding ortho intramolecular Hbond substituents is 1. The number of anilines is 1. The predicted molar refractivity (Wildman–Crippen MR) is 117 cm³/mol. The monoisotopic (exact) mass is 439 g/mol. The SMILES string of the molecule is CC(C)C(=O)Nc1cccc2c(O)c(Cl)cc(Sc3nnnn3-c3ccccc3)c12. The number of aromatic nitrogens is 4. The highest BCUT2D eigenvalue weighted by molar-refractivity contribution is 7.99. The number of carbonyl (C=O) groups excluding carboxylic acids is 1. The number of nitrogens with zero attached hydrogens (tertiary/aromatic N) is 4. The van der Waals surface area contributed by atoms with Crippen molar-refractivity contribution in [2.45, 2.75) is 23.9 Å². The molecule has 1 aromatic heterocycles. The molecule has 0 aliphatic heterocycles. The van der Waals surface area contributed by atoms with Crippen molar-refractivity contribution in [2.75, 3.05) is 5.32 Å². The van der Waals surface area contributed by atoms with Gasteiger partial charge in [0.15, 0.2) is 0 Å². The van der Waals surface area contributed by atoms with E-state index in [1.165, 1.54) is 11.8 Å². The molecule has 2 N–H and O–H groups in total. The number of aromatic hydroxyl groups is 1. The predicted octanol–water partition coefficient (Wildman–Crippen LogP) is 4.92. The van der Waals surface area contributed by atoms with Crippen LogP contribution in [0.5, 0.6) is 5.75 Å². The van der Waals surface area contributed by atoms with Gasteiger partial charge in [0.25, 0.3) is 0 Å². The molecule has 3 aromatic carbocycles. The largest absolute Gasteiger partial charge is 0.506 e. The summed E-state index contributed by atoms with van der Waals surface area (Å²) in [6.45, 7) is 3.64. The maximum Gasteiger partial charge on any atom is 0.226 e. The summed E-state index contributed by atoms with van der Waals surface area (Å²) in [6.07, 6.45) is 0. The molecule has 0 radical (unpaired) electrons. The van der Waals surface area contributed by atoms with Gasteiger partial charge in [-0.25, -0.2) is 0 Å². The van der Waals surface area contributed by atoms with Crippen molar-refractivity contribution in [3.63, 3.8) is 0 Å². The second-order valence-electron chi connectivity index (χ2n) is 6.89. The maximum absolute atomic E-state index is 12.3. The average molecular weight is 440 g/mol. The van der Waals surface area contributed by atoms with E-state index in [0.29, 0.717) is 26.5 Å². The van der Waals surface area contributed by atoms with Crippen LogP contribution in [0.4, 0.5) is 5.69 Å². The van der Waals surface area contributed by atoms with Crippen molar-refractivity contribution >= 4 is 45.7 Å². The lowest BCUT2D eigenvalue weighted by Gasteiger charge is -2.15. The number of phenols is 1. The Morgan fingerprint density at radius 2 is 1.93 bits per heavy atom. The van der Waals surface area contributed by atoms with Crippen LogP contribution in [0.15, 0.2) is 64.6 Å². The molecule has 0 spiro atoms. The zero-order valence-electron chi connectivity index (χ0n) is 16.2. The van der Waals surface area contributed by atoms with Crippen molar-refractivity contribution < 1.29 is 9.90 Å². The zero-order chi connectivity index (χ0) is 21.3. The Bertz CT molecular complexity index is 1230. The maximum atomic E-state index is 12.3. The van der Waals surface area contributed by atoms with E-state index in [0.717, 1.165) is 5.69 Å². The number of hydrogen-bond donors (Lipinski definition) is 2. The lowest BCUT2D eigenvalue weighted by atomic mass is 10.1. The Morgan fingerprint density at radius 3 is 2.67 bits per heavy atom. The van der Waals surface area contributed by atoms with E-state index in [9.17, 15) is 9.90 Å². The first-order valence-electron chi connectivity index (χ1n) is 9.22. The zero-order valence-corrected chi connectivity index (χ0v) is 17.8. The minimum Gasteiger partial charge on any atom is -0.506 e. The summed E-state index contributed by atoms with van der Waals surface area (Å²) >= 11 is 7.59. The fourth-order valence-electron chi connectivity index (χ4n) is 2.93. The smallest absolute Gasteiger partial charge is 0.226 e. The van der Waals surface area contributed by atoms with Gasteiger partial charge in [-0.15, -0.1) is 5.10 Å². The van der Waals surface area contributed by atoms with E-state index in [-0.39, 0.29) is 22.6 Å². The Kier molecular flexibility index (Phi) is 5.61. The normalized spacial score (nSPS) is 11.2. The number of para-hydroxylation sites is 1. The van der Waals surface area contributed by atoms with Gasteiger partial charge in [-0.3, -0.25) is 4.79 Å². The van der Waals surface area contributed by atoms with Crippen LogP contribution in [0.25, 0.3) is 16.5 Å². The Hall–Kier alpha value is -3.10. The molecule has 4 rings (SSSR count). The number of tetrazole rings is 1. The first-order valence-corrected chi connectivity index (χ1v) is 10.4. The number of benzene rings is 3.